The van der Waals surface area contributed by atoms with Crippen LogP contribution in [0, 0.1) is 23.0 Å². The van der Waals surface area contributed by atoms with E-state index in [0.717, 1.165) is 50.7 Å². The summed E-state index contributed by atoms with van der Waals surface area (Å²) in [4.78, 5) is 30.9. The van der Waals surface area contributed by atoms with Crippen molar-refractivity contribution in [2.24, 2.45) is 7.05 Å². The van der Waals surface area contributed by atoms with Crippen LogP contribution in [-0.2, 0) is 21.6 Å². The first-order valence-corrected chi connectivity index (χ1v) is 23.4. The van der Waals surface area contributed by atoms with Crippen molar-refractivity contribution in [2.45, 2.75) is 74.5 Å². The van der Waals surface area contributed by atoms with Gasteiger partial charge in [-0.3, -0.25) is 9.59 Å². The summed E-state index contributed by atoms with van der Waals surface area (Å²) >= 11 is 6.14. The fourth-order valence-electron chi connectivity index (χ4n) is 8.23. The van der Waals surface area contributed by atoms with Gasteiger partial charge in [0.2, 0.25) is 0 Å². The van der Waals surface area contributed by atoms with Crippen LogP contribution in [0.5, 0.6) is 17.2 Å². The lowest BCUT2D eigenvalue weighted by atomic mass is 9.93. The zero-order chi connectivity index (χ0) is 45.7. The molecule has 338 valence electrons. The molecule has 1 saturated carbocycles. The van der Waals surface area contributed by atoms with Crippen molar-refractivity contribution in [3.63, 3.8) is 0 Å². The number of ether oxygens (including phenoxy) is 3. The van der Waals surface area contributed by atoms with E-state index in [1.807, 2.05) is 6.07 Å². The summed E-state index contributed by atoms with van der Waals surface area (Å²) in [6, 6.07) is 19.4. The van der Waals surface area contributed by atoms with E-state index in [2.05, 4.69) is 25.4 Å². The van der Waals surface area contributed by atoms with Crippen molar-refractivity contribution in [3.05, 3.63) is 123 Å². The van der Waals surface area contributed by atoms with Gasteiger partial charge in [-0.1, -0.05) is 11.6 Å². The fraction of sp³-hybridized carbons (Fsp3) is 0.340. The molecule has 4 heterocycles. The first-order chi connectivity index (χ1) is 31.3. The number of amides is 1. The van der Waals surface area contributed by atoms with Crippen LogP contribution >= 0.6 is 11.6 Å². The Morgan fingerprint density at radius 1 is 0.923 bits per heavy atom. The molecule has 3 aromatic carbocycles. The number of anilines is 1. The number of piperidine rings is 1. The lowest BCUT2D eigenvalue weighted by Gasteiger charge is -2.32. The summed E-state index contributed by atoms with van der Waals surface area (Å²) in [5, 5.41) is 21.6. The van der Waals surface area contributed by atoms with Crippen LogP contribution in [0.1, 0.15) is 67.4 Å². The third kappa shape index (κ3) is 10.6. The fourth-order valence-corrected chi connectivity index (χ4v) is 9.83. The Bertz CT molecular complexity index is 2910. The highest BCUT2D eigenvalue weighted by Gasteiger charge is 2.27. The van der Waals surface area contributed by atoms with Crippen molar-refractivity contribution in [2.75, 3.05) is 30.3 Å². The van der Waals surface area contributed by atoms with Crippen LogP contribution in [0.4, 0.5) is 14.6 Å². The second-order valence-corrected chi connectivity index (χ2v) is 18.8. The largest absolute Gasteiger partial charge is 0.490 e. The Morgan fingerprint density at radius 2 is 1.71 bits per heavy atom. The molecule has 8 rings (SSSR count). The minimum atomic E-state index is -3.80. The number of aromatic amines is 1. The van der Waals surface area contributed by atoms with E-state index in [1.54, 1.807) is 55.8 Å². The quantitative estimate of drug-likeness (QED) is 0.0946. The molecule has 65 heavy (non-hydrogen) atoms. The van der Waals surface area contributed by atoms with E-state index >= 15 is 0 Å². The van der Waals surface area contributed by atoms with Crippen molar-refractivity contribution in [3.8, 4) is 34.4 Å². The molecule has 1 aliphatic heterocycles. The number of sulfone groups is 1. The number of hydrogen-bond donors (Lipinski definition) is 2. The van der Waals surface area contributed by atoms with Crippen molar-refractivity contribution >= 4 is 44.1 Å². The van der Waals surface area contributed by atoms with Gasteiger partial charge in [-0.15, -0.1) is 10.2 Å². The lowest BCUT2D eigenvalue weighted by molar-refractivity contribution is 0.0354. The predicted octanol–water partition coefficient (Wildman–Crippen LogP) is 8.28. The van der Waals surface area contributed by atoms with E-state index in [1.165, 1.54) is 22.8 Å². The minimum Gasteiger partial charge on any atom is -0.490 e. The first kappa shape index (κ1) is 45.2. The molecule has 1 aliphatic carbocycles. The second kappa shape index (κ2) is 19.8. The van der Waals surface area contributed by atoms with Gasteiger partial charge in [0.15, 0.2) is 32.9 Å². The number of benzene rings is 3. The molecule has 0 atom stereocenters. The standard InChI is InChI=1S/C47H46ClF2N7O7S/c1-56-28-38(36-16-19-52-45(36)47(56)59)37-26-35(11-14-42(37)64-43-13-5-30(49)24-40(43)50)65(60,61)23-3-2-22-62-32-17-20-57(21-18-32)44-15-12-41(54-55-44)46(58)53-31-6-9-33(10-7-31)63-34-8-4-29(27-51)39(48)25-34/h4-5,8,11-16,19,24-26,28,31-33,52H,2-3,6-7,9-10,17-18,20-23H2,1H3,(H,53,58)/t31-,33-. The molecule has 1 saturated heterocycles. The molecule has 2 N–H and O–H groups in total. The molecule has 14 nitrogen and oxygen atoms in total. The topological polar surface area (TPSA) is 182 Å². The zero-order valence-electron chi connectivity index (χ0n) is 35.4. The van der Waals surface area contributed by atoms with E-state index in [0.29, 0.717) is 82.8 Å². The van der Waals surface area contributed by atoms with Crippen molar-refractivity contribution in [1.82, 2.24) is 25.1 Å². The third-order valence-corrected chi connectivity index (χ3v) is 13.9. The van der Waals surface area contributed by atoms with Crippen LogP contribution in [-0.4, -0.2) is 77.8 Å². The van der Waals surface area contributed by atoms with Gasteiger partial charge in [0.25, 0.3) is 11.5 Å². The Kier molecular flexibility index (Phi) is 13.8. The molecule has 1 amide bonds. The molecular weight excluding hydrogens is 880 g/mol. The lowest BCUT2D eigenvalue weighted by Crippen LogP contribution is -2.40. The normalized spacial score (nSPS) is 16.9. The minimum absolute atomic E-state index is 0.00331. The van der Waals surface area contributed by atoms with E-state index in [-0.39, 0.29) is 57.6 Å². The van der Waals surface area contributed by atoms with Gasteiger partial charge in [0.05, 0.1) is 33.4 Å². The third-order valence-electron chi connectivity index (χ3n) is 11.8. The van der Waals surface area contributed by atoms with E-state index in [4.69, 9.17) is 31.1 Å². The van der Waals surface area contributed by atoms with Gasteiger partial charge in [-0.25, -0.2) is 17.2 Å². The summed E-state index contributed by atoms with van der Waals surface area (Å²) in [6.45, 7) is 1.74. The van der Waals surface area contributed by atoms with Gasteiger partial charge in [0.1, 0.15) is 28.9 Å². The Hall–Kier alpha value is -6.35. The number of hydrogen-bond acceptors (Lipinski definition) is 11. The number of carbonyl (C=O) groups excluding carboxylic acids is 1. The predicted molar refractivity (Wildman–Crippen MR) is 240 cm³/mol. The highest BCUT2D eigenvalue weighted by atomic mass is 35.5. The smallest absolute Gasteiger partial charge is 0.274 e. The monoisotopic (exact) mass is 925 g/mol. The number of H-pyrrole nitrogens is 1. The Morgan fingerprint density at radius 3 is 2.43 bits per heavy atom. The van der Waals surface area contributed by atoms with Gasteiger partial charge in [-0.2, -0.15) is 5.26 Å². The number of rotatable bonds is 15. The number of carbonyl (C=O) groups is 1. The molecule has 2 aliphatic rings. The number of nitrogens with zero attached hydrogens (tertiary/aromatic N) is 5. The van der Waals surface area contributed by atoms with Gasteiger partial charge in [0, 0.05) is 73.8 Å². The van der Waals surface area contributed by atoms with Crippen molar-refractivity contribution in [1.29, 1.82) is 5.26 Å². The number of unbranched alkanes of at least 4 members (excludes halogenated alkanes) is 1. The number of aryl methyl sites for hydroxylation is 1. The zero-order valence-corrected chi connectivity index (χ0v) is 37.0. The number of halogens is 3. The van der Waals surface area contributed by atoms with Crippen LogP contribution in [0.2, 0.25) is 5.02 Å². The molecule has 6 aromatic rings. The first-order valence-electron chi connectivity index (χ1n) is 21.4. The van der Waals surface area contributed by atoms with E-state index < -0.39 is 21.5 Å². The summed E-state index contributed by atoms with van der Waals surface area (Å²) in [5.74, 6) is -0.967. The summed E-state index contributed by atoms with van der Waals surface area (Å²) in [5.41, 5.74) is 1.45. The number of fused-ring (bicyclic) bond motifs is 1. The summed E-state index contributed by atoms with van der Waals surface area (Å²) < 4.78 is 75.2. The number of nitrogens with one attached hydrogen (secondary N) is 2. The molecule has 3 aromatic heterocycles. The van der Waals surface area contributed by atoms with Crippen LogP contribution in [0.25, 0.3) is 22.0 Å². The number of nitriles is 1. The highest BCUT2D eigenvalue weighted by molar-refractivity contribution is 7.91. The maximum Gasteiger partial charge on any atom is 0.274 e. The van der Waals surface area contributed by atoms with Crippen LogP contribution < -0.4 is 25.2 Å². The van der Waals surface area contributed by atoms with Crippen LogP contribution in [0.15, 0.2) is 94.9 Å². The molecule has 0 unspecified atom stereocenters. The highest BCUT2D eigenvalue weighted by Crippen LogP contribution is 2.39. The van der Waals surface area contributed by atoms with Crippen molar-refractivity contribution < 1.29 is 36.2 Å². The average molecular weight is 926 g/mol. The van der Waals surface area contributed by atoms with Gasteiger partial charge in [-0.05, 0) is 112 Å². The molecule has 0 bridgehead atoms. The number of aromatic nitrogens is 4. The Labute approximate surface area is 379 Å². The maximum absolute atomic E-state index is 14.7. The average Bonchev–Trinajstić information content (AvgIpc) is 3.80. The molecular formula is C47H46ClF2N7O7S. The Balaban J connectivity index is 0.791. The molecule has 2 fully saturated rings. The van der Waals surface area contributed by atoms with Gasteiger partial charge >= 0.3 is 0 Å². The molecule has 0 radical (unpaired) electrons. The summed E-state index contributed by atoms with van der Waals surface area (Å²) in [6.07, 6.45) is 8.51. The van der Waals surface area contributed by atoms with E-state index in [9.17, 15) is 26.8 Å². The molecule has 0 spiro atoms. The second-order valence-electron chi connectivity index (χ2n) is 16.2. The van der Waals surface area contributed by atoms with Gasteiger partial charge < -0.3 is 34.0 Å². The number of pyridine rings is 1. The maximum atomic E-state index is 14.7. The SMILES string of the molecule is Cn1cc(-c2cc(S(=O)(=O)CCCCOC3CCN(c4ccc(C(=O)N[C@H]5CC[C@H](Oc6ccc(C#N)c(Cl)c6)CC5)nn4)CC3)ccc2Oc2ccc(F)cc2F)c2cc[nH]c2c1=O. The van der Waals surface area contributed by atoms with Crippen LogP contribution in [0.3, 0.4) is 0 Å². The molecule has 18 heteroatoms. The summed E-state index contributed by atoms with van der Waals surface area (Å²) in [7, 11) is -2.23.